The molecule has 2 rings (SSSR count). The molecule has 0 aliphatic carbocycles. The van der Waals surface area contributed by atoms with E-state index in [9.17, 15) is 4.79 Å². The summed E-state index contributed by atoms with van der Waals surface area (Å²) >= 11 is 1.23. The Labute approximate surface area is 90.3 Å². The zero-order valence-corrected chi connectivity index (χ0v) is 9.28. The second kappa shape index (κ2) is 3.93. The maximum absolute atomic E-state index is 11.6. The fourth-order valence-corrected chi connectivity index (χ4v) is 1.76. The van der Waals surface area contributed by atoms with Gasteiger partial charge in [-0.2, -0.15) is 4.52 Å². The Morgan fingerprint density at radius 1 is 1.67 bits per heavy atom. The van der Waals surface area contributed by atoms with E-state index in [2.05, 4.69) is 20.6 Å². The van der Waals surface area contributed by atoms with Gasteiger partial charge in [0.1, 0.15) is 6.33 Å². The van der Waals surface area contributed by atoms with Gasteiger partial charge in [0.05, 0.1) is 0 Å². The Morgan fingerprint density at radius 2 is 2.47 bits per heavy atom. The van der Waals surface area contributed by atoms with Crippen molar-refractivity contribution in [1.82, 2.24) is 25.1 Å². The fraction of sp³-hybridized carbons (Fsp3) is 0.500. The molecule has 6 nitrogen and oxygen atoms in total. The largest absolute Gasteiger partial charge is 0.350 e. The molecule has 0 atom stereocenters. The molecule has 1 amide bonds. The van der Waals surface area contributed by atoms with Gasteiger partial charge in [-0.25, -0.2) is 0 Å². The van der Waals surface area contributed by atoms with Crippen LogP contribution in [0, 0.1) is 5.92 Å². The van der Waals surface area contributed by atoms with E-state index in [0.29, 0.717) is 22.4 Å². The number of rotatable bonds is 3. The molecule has 0 radical (unpaired) electrons. The lowest BCUT2D eigenvalue weighted by Gasteiger charge is -2.04. The third-order valence-electron chi connectivity index (χ3n) is 1.75. The highest BCUT2D eigenvalue weighted by Gasteiger charge is 2.13. The van der Waals surface area contributed by atoms with Gasteiger partial charge in [0.2, 0.25) is 9.97 Å². The average molecular weight is 225 g/mol. The van der Waals surface area contributed by atoms with E-state index in [1.54, 1.807) is 0 Å². The molecule has 0 aromatic carbocycles. The minimum absolute atomic E-state index is 0.154. The number of hydrogen-bond donors (Lipinski definition) is 1. The van der Waals surface area contributed by atoms with Crippen LogP contribution in [0.15, 0.2) is 6.33 Å². The number of nitrogens with one attached hydrogen (secondary N) is 1. The highest BCUT2D eigenvalue weighted by Crippen LogP contribution is 2.10. The minimum atomic E-state index is -0.154. The van der Waals surface area contributed by atoms with Gasteiger partial charge in [-0.1, -0.05) is 25.2 Å². The number of nitrogens with zero attached hydrogens (tertiary/aromatic N) is 4. The van der Waals surface area contributed by atoms with E-state index < -0.39 is 0 Å². The molecule has 0 bridgehead atoms. The van der Waals surface area contributed by atoms with E-state index in [4.69, 9.17) is 0 Å². The molecule has 80 valence electrons. The zero-order chi connectivity index (χ0) is 10.8. The van der Waals surface area contributed by atoms with Crippen molar-refractivity contribution >= 4 is 22.2 Å². The van der Waals surface area contributed by atoms with Crippen molar-refractivity contribution in [3.05, 3.63) is 11.3 Å². The van der Waals surface area contributed by atoms with Gasteiger partial charge in [-0.05, 0) is 5.92 Å². The third-order valence-corrected chi connectivity index (χ3v) is 2.66. The number of carbonyl (C=O) groups is 1. The monoisotopic (exact) mass is 225 g/mol. The SMILES string of the molecule is CC(C)CNC(=O)c1nn2cnnc2s1. The summed E-state index contributed by atoms with van der Waals surface area (Å²) < 4.78 is 1.49. The molecule has 0 saturated carbocycles. The minimum Gasteiger partial charge on any atom is -0.350 e. The Hall–Kier alpha value is -1.50. The van der Waals surface area contributed by atoms with Gasteiger partial charge in [-0.3, -0.25) is 4.79 Å². The predicted molar refractivity (Wildman–Crippen MR) is 55.8 cm³/mol. The summed E-state index contributed by atoms with van der Waals surface area (Å²) in [6, 6.07) is 0. The fourth-order valence-electron chi connectivity index (χ4n) is 1.02. The Bertz CT molecular complexity index is 446. The molecule has 0 aliphatic heterocycles. The molecule has 2 heterocycles. The van der Waals surface area contributed by atoms with Crippen LogP contribution in [0.25, 0.3) is 4.96 Å². The summed E-state index contributed by atoms with van der Waals surface area (Å²) in [5.41, 5.74) is 0. The van der Waals surface area contributed by atoms with E-state index in [1.165, 1.54) is 22.2 Å². The van der Waals surface area contributed by atoms with Crippen molar-refractivity contribution in [3.63, 3.8) is 0 Å². The molecule has 15 heavy (non-hydrogen) atoms. The van der Waals surface area contributed by atoms with Crippen LogP contribution in [0.3, 0.4) is 0 Å². The Balaban J connectivity index is 2.10. The summed E-state index contributed by atoms with van der Waals surface area (Å²) in [7, 11) is 0. The smallest absolute Gasteiger partial charge is 0.282 e. The summed E-state index contributed by atoms with van der Waals surface area (Å²) in [5.74, 6) is 0.277. The highest BCUT2D eigenvalue weighted by atomic mass is 32.1. The van der Waals surface area contributed by atoms with Crippen molar-refractivity contribution < 1.29 is 4.79 Å². The molecule has 0 unspecified atom stereocenters. The highest BCUT2D eigenvalue weighted by molar-refractivity contribution is 7.18. The van der Waals surface area contributed by atoms with Crippen molar-refractivity contribution in [2.75, 3.05) is 6.54 Å². The first kappa shape index (κ1) is 10.0. The number of aromatic nitrogens is 4. The van der Waals surface area contributed by atoms with Crippen LogP contribution in [0.2, 0.25) is 0 Å². The quantitative estimate of drug-likeness (QED) is 0.829. The van der Waals surface area contributed by atoms with Crippen LogP contribution in [0.5, 0.6) is 0 Å². The van der Waals surface area contributed by atoms with Gasteiger partial charge < -0.3 is 5.32 Å². The van der Waals surface area contributed by atoms with Crippen LogP contribution >= 0.6 is 11.3 Å². The van der Waals surface area contributed by atoms with E-state index in [1.807, 2.05) is 13.8 Å². The lowest BCUT2D eigenvalue weighted by molar-refractivity contribution is 0.0947. The molecule has 2 aromatic heterocycles. The van der Waals surface area contributed by atoms with Gasteiger partial charge in [-0.15, -0.1) is 15.3 Å². The van der Waals surface area contributed by atoms with Crippen molar-refractivity contribution in [3.8, 4) is 0 Å². The zero-order valence-electron chi connectivity index (χ0n) is 8.47. The maximum Gasteiger partial charge on any atom is 0.282 e. The number of carbonyl (C=O) groups excluding carboxylic acids is 1. The topological polar surface area (TPSA) is 72.2 Å². The first-order chi connectivity index (χ1) is 7.16. The van der Waals surface area contributed by atoms with Crippen LogP contribution in [-0.4, -0.2) is 32.3 Å². The number of fused-ring (bicyclic) bond motifs is 1. The third kappa shape index (κ3) is 2.12. The molecule has 0 aliphatic rings. The summed E-state index contributed by atoms with van der Waals surface area (Å²) in [5, 5.41) is 14.7. The summed E-state index contributed by atoms with van der Waals surface area (Å²) in [6.07, 6.45) is 1.48. The van der Waals surface area contributed by atoms with Crippen LogP contribution < -0.4 is 5.32 Å². The molecule has 2 aromatic rings. The standard InChI is InChI=1S/C8H11N5OS/c1-5(2)3-9-6(14)7-12-13-4-10-11-8(13)15-7/h4-5H,3H2,1-2H3,(H,9,14). The van der Waals surface area contributed by atoms with Crippen LogP contribution in [-0.2, 0) is 0 Å². The molecule has 0 fully saturated rings. The molecular weight excluding hydrogens is 214 g/mol. The second-order valence-corrected chi connectivity index (χ2v) is 4.53. The maximum atomic E-state index is 11.6. The molecule has 7 heteroatoms. The van der Waals surface area contributed by atoms with Crippen molar-refractivity contribution in [2.45, 2.75) is 13.8 Å². The second-order valence-electron chi connectivity index (χ2n) is 3.57. The summed E-state index contributed by atoms with van der Waals surface area (Å²) in [4.78, 5) is 12.2. The molecular formula is C8H11N5OS. The van der Waals surface area contributed by atoms with Crippen LogP contribution in [0.4, 0.5) is 0 Å². The van der Waals surface area contributed by atoms with Crippen LogP contribution in [0.1, 0.15) is 23.6 Å². The lowest BCUT2D eigenvalue weighted by atomic mass is 10.2. The Morgan fingerprint density at radius 3 is 3.13 bits per heavy atom. The van der Waals surface area contributed by atoms with Crippen molar-refractivity contribution in [2.24, 2.45) is 5.92 Å². The Kier molecular flexibility index (Phi) is 2.63. The normalized spacial score (nSPS) is 11.1. The average Bonchev–Trinajstić information content (AvgIpc) is 2.72. The number of hydrogen-bond acceptors (Lipinski definition) is 5. The van der Waals surface area contributed by atoms with E-state index in [-0.39, 0.29) is 5.91 Å². The number of amides is 1. The molecule has 0 saturated heterocycles. The lowest BCUT2D eigenvalue weighted by Crippen LogP contribution is -2.27. The van der Waals surface area contributed by atoms with E-state index >= 15 is 0 Å². The first-order valence-electron chi connectivity index (χ1n) is 4.62. The van der Waals surface area contributed by atoms with E-state index in [0.717, 1.165) is 0 Å². The predicted octanol–water partition coefficient (Wildman–Crippen LogP) is 0.572. The summed E-state index contributed by atoms with van der Waals surface area (Å²) in [6.45, 7) is 4.73. The molecule has 1 N–H and O–H groups in total. The van der Waals surface area contributed by atoms with Gasteiger partial charge >= 0.3 is 0 Å². The first-order valence-corrected chi connectivity index (χ1v) is 5.43. The van der Waals surface area contributed by atoms with Gasteiger partial charge in [0.15, 0.2) is 0 Å². The molecule has 0 spiro atoms. The van der Waals surface area contributed by atoms with Gasteiger partial charge in [0.25, 0.3) is 5.91 Å². The van der Waals surface area contributed by atoms with Gasteiger partial charge in [0, 0.05) is 6.54 Å². The van der Waals surface area contributed by atoms with Crippen molar-refractivity contribution in [1.29, 1.82) is 0 Å².